The molecule has 0 saturated heterocycles. The van der Waals surface area contributed by atoms with E-state index < -0.39 is 27.3 Å². The van der Waals surface area contributed by atoms with Crippen LogP contribution in [0.1, 0.15) is 20.8 Å². The highest BCUT2D eigenvalue weighted by molar-refractivity contribution is 7.94. The molecular formula is C12H17NO5S. The Morgan fingerprint density at radius 3 is 2.21 bits per heavy atom. The van der Waals surface area contributed by atoms with Gasteiger partial charge in [-0.1, -0.05) is 0 Å². The van der Waals surface area contributed by atoms with Gasteiger partial charge in [-0.05, 0) is 45.0 Å². The highest BCUT2D eigenvalue weighted by Crippen LogP contribution is 2.21. The third-order valence-electron chi connectivity index (χ3n) is 2.28. The summed E-state index contributed by atoms with van der Waals surface area (Å²) in [5.74, 6) is -0.710. The van der Waals surface area contributed by atoms with Crippen molar-refractivity contribution in [1.82, 2.24) is 0 Å². The number of carboxylic acid groups (broad SMARTS) is 1. The van der Waals surface area contributed by atoms with Crippen LogP contribution >= 0.6 is 0 Å². The molecule has 0 amide bonds. The Kier molecular flexibility index (Phi) is 4.41. The first kappa shape index (κ1) is 15.3. The van der Waals surface area contributed by atoms with Crippen molar-refractivity contribution in [3.8, 4) is 5.75 Å². The van der Waals surface area contributed by atoms with Crippen LogP contribution in [-0.4, -0.2) is 30.8 Å². The zero-order valence-corrected chi connectivity index (χ0v) is 11.8. The van der Waals surface area contributed by atoms with E-state index in [0.29, 0.717) is 11.4 Å². The molecule has 0 spiro atoms. The first-order chi connectivity index (χ1) is 8.62. The van der Waals surface area contributed by atoms with E-state index in [1.165, 1.54) is 24.3 Å². The molecule has 0 atom stereocenters. The van der Waals surface area contributed by atoms with Gasteiger partial charge in [-0.2, -0.15) is 0 Å². The van der Waals surface area contributed by atoms with Crippen molar-refractivity contribution >= 4 is 21.7 Å². The number of nitrogens with one attached hydrogen (secondary N) is 1. The maximum absolute atomic E-state index is 11.9. The largest absolute Gasteiger partial charge is 0.482 e. The van der Waals surface area contributed by atoms with Gasteiger partial charge in [0.2, 0.25) is 10.0 Å². The first-order valence-corrected chi connectivity index (χ1v) is 7.07. The molecule has 0 aromatic heterocycles. The van der Waals surface area contributed by atoms with E-state index >= 15 is 0 Å². The molecule has 0 unspecified atom stereocenters. The van der Waals surface area contributed by atoms with E-state index in [1.807, 2.05) is 0 Å². The molecule has 0 radical (unpaired) electrons. The summed E-state index contributed by atoms with van der Waals surface area (Å²) in [6.45, 7) is 4.35. The molecule has 0 fully saturated rings. The number of carbonyl (C=O) groups is 1. The molecule has 0 saturated carbocycles. The number of benzene rings is 1. The molecule has 2 N–H and O–H groups in total. The van der Waals surface area contributed by atoms with Crippen LogP contribution in [0.5, 0.6) is 5.75 Å². The summed E-state index contributed by atoms with van der Waals surface area (Å²) >= 11 is 0. The molecule has 0 aliphatic rings. The fourth-order valence-corrected chi connectivity index (χ4v) is 1.83. The van der Waals surface area contributed by atoms with Crippen LogP contribution in [-0.2, 0) is 14.8 Å². The molecule has 106 valence electrons. The van der Waals surface area contributed by atoms with Crippen LogP contribution in [0.3, 0.4) is 0 Å². The molecule has 1 rings (SSSR count). The fraction of sp³-hybridized carbons (Fsp3) is 0.417. The highest BCUT2D eigenvalue weighted by atomic mass is 32.2. The Morgan fingerprint density at radius 1 is 1.26 bits per heavy atom. The standard InChI is InChI=1S/C12H17NO5S/c1-12(2,3)19(16,17)13-9-4-6-10(7-5-9)18-8-11(14)15/h4-7,13H,8H2,1-3H3,(H,14,15). The molecule has 0 bridgehead atoms. The number of hydrogen-bond acceptors (Lipinski definition) is 4. The minimum Gasteiger partial charge on any atom is -0.482 e. The van der Waals surface area contributed by atoms with Crippen molar-refractivity contribution in [1.29, 1.82) is 0 Å². The van der Waals surface area contributed by atoms with E-state index in [1.54, 1.807) is 20.8 Å². The summed E-state index contributed by atoms with van der Waals surface area (Å²) < 4.78 is 30.3. The average Bonchev–Trinajstić information content (AvgIpc) is 2.26. The van der Waals surface area contributed by atoms with Crippen molar-refractivity contribution in [3.05, 3.63) is 24.3 Å². The average molecular weight is 287 g/mol. The summed E-state index contributed by atoms with van der Waals surface area (Å²) in [4.78, 5) is 10.3. The SMILES string of the molecule is CC(C)(C)S(=O)(=O)Nc1ccc(OCC(=O)O)cc1. The second-order valence-corrected chi connectivity index (χ2v) is 7.36. The summed E-state index contributed by atoms with van der Waals surface area (Å²) in [5.41, 5.74) is 0.401. The van der Waals surface area contributed by atoms with Crippen molar-refractivity contribution in [3.63, 3.8) is 0 Å². The lowest BCUT2D eigenvalue weighted by Gasteiger charge is -2.20. The third-order valence-corrected chi connectivity index (χ3v) is 4.39. The maximum atomic E-state index is 11.9. The van der Waals surface area contributed by atoms with Crippen LogP contribution in [0.25, 0.3) is 0 Å². The van der Waals surface area contributed by atoms with Gasteiger partial charge in [-0.25, -0.2) is 13.2 Å². The molecule has 1 aromatic carbocycles. The predicted molar refractivity (Wildman–Crippen MR) is 71.9 cm³/mol. The van der Waals surface area contributed by atoms with E-state index in [-0.39, 0.29) is 0 Å². The quantitative estimate of drug-likeness (QED) is 0.859. The van der Waals surface area contributed by atoms with Gasteiger partial charge in [-0.15, -0.1) is 0 Å². The topological polar surface area (TPSA) is 92.7 Å². The minimum absolute atomic E-state index is 0.362. The smallest absolute Gasteiger partial charge is 0.341 e. The number of ether oxygens (including phenoxy) is 1. The second-order valence-electron chi connectivity index (χ2n) is 4.92. The van der Waals surface area contributed by atoms with Gasteiger partial charge >= 0.3 is 5.97 Å². The molecule has 0 aliphatic heterocycles. The van der Waals surface area contributed by atoms with E-state index in [0.717, 1.165) is 0 Å². The van der Waals surface area contributed by atoms with Gasteiger partial charge < -0.3 is 9.84 Å². The van der Waals surface area contributed by atoms with E-state index in [9.17, 15) is 13.2 Å². The summed E-state index contributed by atoms with van der Waals surface area (Å²) in [6, 6.07) is 6.04. The number of anilines is 1. The van der Waals surface area contributed by atoms with Gasteiger partial charge in [-0.3, -0.25) is 4.72 Å². The van der Waals surface area contributed by atoms with Gasteiger partial charge in [0.05, 0.1) is 4.75 Å². The molecule has 19 heavy (non-hydrogen) atoms. The second kappa shape index (κ2) is 5.48. The Morgan fingerprint density at radius 2 is 1.79 bits per heavy atom. The maximum Gasteiger partial charge on any atom is 0.341 e. The number of aliphatic carboxylic acids is 1. The van der Waals surface area contributed by atoms with Crippen molar-refractivity contribution in [2.45, 2.75) is 25.5 Å². The fourth-order valence-electron chi connectivity index (χ4n) is 1.07. The predicted octanol–water partition coefficient (Wildman–Crippen LogP) is 1.69. The molecule has 1 aromatic rings. The van der Waals surface area contributed by atoms with Crippen LogP contribution in [0.2, 0.25) is 0 Å². The molecule has 0 aliphatic carbocycles. The van der Waals surface area contributed by atoms with Crippen molar-refractivity contribution in [2.75, 3.05) is 11.3 Å². The van der Waals surface area contributed by atoms with Crippen molar-refractivity contribution < 1.29 is 23.1 Å². The Balaban J connectivity index is 2.75. The zero-order chi connectivity index (χ0) is 14.7. The summed E-state index contributed by atoms with van der Waals surface area (Å²) in [6.07, 6.45) is 0. The first-order valence-electron chi connectivity index (χ1n) is 5.59. The Hall–Kier alpha value is -1.76. The van der Waals surface area contributed by atoms with E-state index in [4.69, 9.17) is 9.84 Å². The highest BCUT2D eigenvalue weighted by Gasteiger charge is 2.28. The third kappa shape index (κ3) is 4.44. The lowest BCUT2D eigenvalue weighted by molar-refractivity contribution is -0.139. The van der Waals surface area contributed by atoms with Crippen LogP contribution in [0, 0.1) is 0 Å². The van der Waals surface area contributed by atoms with Crippen LogP contribution < -0.4 is 9.46 Å². The zero-order valence-electron chi connectivity index (χ0n) is 11.0. The number of carboxylic acids is 1. The van der Waals surface area contributed by atoms with Crippen molar-refractivity contribution in [2.24, 2.45) is 0 Å². The van der Waals surface area contributed by atoms with Crippen LogP contribution in [0.4, 0.5) is 5.69 Å². The summed E-state index contributed by atoms with van der Waals surface area (Å²) in [5, 5.41) is 8.46. The number of rotatable bonds is 5. The number of sulfonamides is 1. The van der Waals surface area contributed by atoms with Gasteiger partial charge in [0.1, 0.15) is 5.75 Å². The summed E-state index contributed by atoms with van der Waals surface area (Å²) in [7, 11) is -3.47. The van der Waals surface area contributed by atoms with Gasteiger partial charge in [0.25, 0.3) is 0 Å². The Labute approximate surface area is 112 Å². The molecule has 6 nitrogen and oxygen atoms in total. The number of hydrogen-bond donors (Lipinski definition) is 2. The minimum atomic E-state index is -3.47. The van der Waals surface area contributed by atoms with Crippen LogP contribution in [0.15, 0.2) is 24.3 Å². The van der Waals surface area contributed by atoms with Gasteiger partial charge in [0, 0.05) is 5.69 Å². The van der Waals surface area contributed by atoms with E-state index in [2.05, 4.69) is 4.72 Å². The monoisotopic (exact) mass is 287 g/mol. The van der Waals surface area contributed by atoms with Gasteiger partial charge in [0.15, 0.2) is 6.61 Å². The lowest BCUT2D eigenvalue weighted by atomic mass is 10.3. The molecular weight excluding hydrogens is 270 g/mol. The lowest BCUT2D eigenvalue weighted by Crippen LogP contribution is -2.33. The Bertz CT molecular complexity index is 542. The normalized spacial score (nSPS) is 11.9. The molecule has 7 heteroatoms. The molecule has 0 heterocycles.